The van der Waals surface area contributed by atoms with E-state index in [0.717, 1.165) is 12.1 Å². The van der Waals surface area contributed by atoms with Crippen LogP contribution in [0.4, 0.5) is 19.0 Å². The molecule has 0 saturated carbocycles. The fourth-order valence-corrected chi connectivity index (χ4v) is 2.17. The van der Waals surface area contributed by atoms with Crippen molar-refractivity contribution < 1.29 is 13.2 Å². The van der Waals surface area contributed by atoms with Crippen LogP contribution in [-0.2, 0) is 6.18 Å². The molecular weight excluding hydrogens is 335 g/mol. The number of H-pyrrole nitrogens is 1. The van der Waals surface area contributed by atoms with E-state index >= 15 is 0 Å². The van der Waals surface area contributed by atoms with Crippen LogP contribution in [0.25, 0.3) is 0 Å². The first-order chi connectivity index (χ1) is 12.0. The van der Waals surface area contributed by atoms with E-state index in [2.05, 4.69) is 30.7 Å². The largest absolute Gasteiger partial charge is 0.416 e. The highest BCUT2D eigenvalue weighted by Gasteiger charge is 2.31. The quantitative estimate of drug-likeness (QED) is 0.753. The van der Waals surface area contributed by atoms with E-state index in [0.29, 0.717) is 11.4 Å². The summed E-state index contributed by atoms with van der Waals surface area (Å²) < 4.78 is 38.9. The Labute approximate surface area is 139 Å². The number of anilines is 1. The second-order valence-corrected chi connectivity index (χ2v) is 4.99. The summed E-state index contributed by atoms with van der Waals surface area (Å²) in [6.45, 7) is 0. The van der Waals surface area contributed by atoms with Crippen LogP contribution in [0, 0.1) is 11.3 Å². The molecule has 0 spiro atoms. The third kappa shape index (κ3) is 3.72. The van der Waals surface area contributed by atoms with E-state index in [-0.39, 0.29) is 11.5 Å². The van der Waals surface area contributed by atoms with Crippen LogP contribution >= 0.6 is 0 Å². The van der Waals surface area contributed by atoms with Gasteiger partial charge in [0.25, 0.3) is 0 Å². The molecule has 0 aliphatic carbocycles. The van der Waals surface area contributed by atoms with Gasteiger partial charge in [-0.05, 0) is 29.8 Å². The number of rotatable bonds is 4. The number of nitrogens with one attached hydrogen (secondary N) is 2. The maximum atomic E-state index is 13.0. The summed E-state index contributed by atoms with van der Waals surface area (Å²) in [4.78, 5) is 4.00. The summed E-state index contributed by atoms with van der Waals surface area (Å²) in [6, 6.07) is 8.89. The van der Waals surface area contributed by atoms with Gasteiger partial charge in [0.05, 0.1) is 5.56 Å². The van der Waals surface area contributed by atoms with E-state index in [9.17, 15) is 13.2 Å². The molecule has 25 heavy (non-hydrogen) atoms. The number of aromatic nitrogens is 5. The van der Waals surface area contributed by atoms with Crippen molar-refractivity contribution in [3.63, 3.8) is 0 Å². The molecule has 0 aliphatic rings. The van der Waals surface area contributed by atoms with E-state index in [1.165, 1.54) is 30.6 Å². The fraction of sp³-hybridized carbons (Fsp3) is 0.133. The number of halogens is 3. The van der Waals surface area contributed by atoms with Crippen molar-refractivity contribution in [1.29, 1.82) is 5.26 Å². The van der Waals surface area contributed by atoms with Gasteiger partial charge in [0.2, 0.25) is 0 Å². The molecule has 1 atom stereocenters. The maximum Gasteiger partial charge on any atom is 0.416 e. The van der Waals surface area contributed by atoms with Crippen molar-refractivity contribution in [2.24, 2.45) is 0 Å². The van der Waals surface area contributed by atoms with Gasteiger partial charge in [0.15, 0.2) is 11.5 Å². The number of hydrogen-bond donors (Lipinski definition) is 2. The van der Waals surface area contributed by atoms with Crippen molar-refractivity contribution >= 4 is 5.82 Å². The van der Waals surface area contributed by atoms with Gasteiger partial charge in [-0.2, -0.15) is 23.5 Å². The third-order valence-corrected chi connectivity index (χ3v) is 3.33. The Hall–Kier alpha value is -3.48. The highest BCUT2D eigenvalue weighted by Crippen LogP contribution is 2.32. The molecule has 2 N–H and O–H groups in total. The second-order valence-electron chi connectivity index (χ2n) is 4.99. The molecule has 0 amide bonds. The number of aromatic amines is 1. The van der Waals surface area contributed by atoms with Gasteiger partial charge in [-0.3, -0.25) is 5.10 Å². The van der Waals surface area contributed by atoms with Gasteiger partial charge in [-0.25, -0.2) is 4.98 Å². The van der Waals surface area contributed by atoms with Crippen molar-refractivity contribution in [3.8, 4) is 6.07 Å². The fourth-order valence-electron chi connectivity index (χ4n) is 2.17. The molecule has 3 aromatic rings. The Morgan fingerprint density at radius 3 is 2.60 bits per heavy atom. The van der Waals surface area contributed by atoms with Crippen LogP contribution < -0.4 is 5.32 Å². The highest BCUT2D eigenvalue weighted by atomic mass is 19.4. The SMILES string of the molecule is N#Cc1ccc(NC(c2cccc(C(F)(F)F)c2)c2ncn[nH]2)nn1. The predicted octanol–water partition coefficient (Wildman–Crippen LogP) is 2.69. The monoisotopic (exact) mass is 345 g/mol. The molecular formula is C15H10F3N7. The number of nitrogens with zero attached hydrogens (tertiary/aromatic N) is 5. The minimum Gasteiger partial charge on any atom is -0.355 e. The first kappa shape index (κ1) is 16.4. The molecule has 0 bridgehead atoms. The zero-order valence-corrected chi connectivity index (χ0v) is 12.5. The predicted molar refractivity (Wildman–Crippen MR) is 80.0 cm³/mol. The first-order valence-corrected chi connectivity index (χ1v) is 7.00. The van der Waals surface area contributed by atoms with Crippen LogP contribution in [0.1, 0.15) is 28.7 Å². The van der Waals surface area contributed by atoms with Crippen molar-refractivity contribution in [2.75, 3.05) is 5.32 Å². The Morgan fingerprint density at radius 1 is 1.16 bits per heavy atom. The van der Waals surface area contributed by atoms with Gasteiger partial charge in [-0.15, -0.1) is 10.2 Å². The first-order valence-electron chi connectivity index (χ1n) is 7.00. The van der Waals surface area contributed by atoms with Crippen molar-refractivity contribution in [2.45, 2.75) is 12.2 Å². The van der Waals surface area contributed by atoms with Crippen LogP contribution in [-0.4, -0.2) is 25.4 Å². The average molecular weight is 345 g/mol. The molecule has 0 radical (unpaired) electrons. The standard InChI is InChI=1S/C15H10F3N7/c16-15(17,18)10-3-1-2-9(6-10)13(14-20-8-21-25-14)22-12-5-4-11(7-19)23-24-12/h1-6,8,13H,(H,22,24)(H,20,21,25). The lowest BCUT2D eigenvalue weighted by Crippen LogP contribution is -2.16. The Bertz CT molecular complexity index is 883. The molecule has 1 aromatic carbocycles. The van der Waals surface area contributed by atoms with Gasteiger partial charge >= 0.3 is 6.18 Å². The van der Waals surface area contributed by atoms with E-state index in [1.807, 2.05) is 6.07 Å². The summed E-state index contributed by atoms with van der Waals surface area (Å²) in [5, 5.41) is 25.6. The third-order valence-electron chi connectivity index (χ3n) is 3.33. The molecule has 0 saturated heterocycles. The minimum absolute atomic E-state index is 0.126. The molecule has 0 aliphatic heterocycles. The number of alkyl halides is 3. The lowest BCUT2D eigenvalue weighted by molar-refractivity contribution is -0.137. The molecule has 10 heteroatoms. The summed E-state index contributed by atoms with van der Waals surface area (Å²) in [6.07, 6.45) is -3.21. The lowest BCUT2D eigenvalue weighted by atomic mass is 10.0. The van der Waals surface area contributed by atoms with Gasteiger partial charge in [0, 0.05) is 0 Å². The van der Waals surface area contributed by atoms with Gasteiger partial charge < -0.3 is 5.32 Å². The van der Waals surface area contributed by atoms with E-state index in [4.69, 9.17) is 5.26 Å². The molecule has 1 unspecified atom stereocenters. The smallest absolute Gasteiger partial charge is 0.355 e. The Morgan fingerprint density at radius 2 is 2.00 bits per heavy atom. The van der Waals surface area contributed by atoms with Crippen LogP contribution in [0.3, 0.4) is 0 Å². The van der Waals surface area contributed by atoms with Crippen LogP contribution in [0.2, 0.25) is 0 Å². The molecule has 126 valence electrons. The Kier molecular flexibility index (Phi) is 4.30. The number of nitriles is 1. The average Bonchev–Trinajstić information content (AvgIpc) is 3.14. The van der Waals surface area contributed by atoms with E-state index < -0.39 is 17.8 Å². The topological polar surface area (TPSA) is 103 Å². The second kappa shape index (κ2) is 6.56. The molecule has 7 nitrogen and oxygen atoms in total. The van der Waals surface area contributed by atoms with E-state index in [1.54, 1.807) is 0 Å². The molecule has 2 aromatic heterocycles. The normalized spacial score (nSPS) is 12.4. The minimum atomic E-state index is -4.46. The lowest BCUT2D eigenvalue weighted by Gasteiger charge is -2.18. The molecule has 3 rings (SSSR count). The summed E-state index contributed by atoms with van der Waals surface area (Å²) in [5.74, 6) is 0.586. The molecule has 2 heterocycles. The summed E-state index contributed by atoms with van der Waals surface area (Å²) >= 11 is 0. The number of benzene rings is 1. The zero-order chi connectivity index (χ0) is 17.9. The van der Waals surface area contributed by atoms with Gasteiger partial charge in [-0.1, -0.05) is 12.1 Å². The van der Waals surface area contributed by atoms with Crippen LogP contribution in [0.15, 0.2) is 42.7 Å². The van der Waals surface area contributed by atoms with Crippen LogP contribution in [0.5, 0.6) is 0 Å². The highest BCUT2D eigenvalue weighted by molar-refractivity contribution is 5.42. The number of hydrogen-bond acceptors (Lipinski definition) is 6. The van der Waals surface area contributed by atoms with Gasteiger partial charge in [0.1, 0.15) is 24.3 Å². The maximum absolute atomic E-state index is 13.0. The Balaban J connectivity index is 1.97. The molecule has 0 fully saturated rings. The van der Waals surface area contributed by atoms with Crippen molar-refractivity contribution in [3.05, 3.63) is 65.4 Å². The zero-order valence-electron chi connectivity index (χ0n) is 12.5. The summed E-state index contributed by atoms with van der Waals surface area (Å²) in [5.41, 5.74) is -0.333. The van der Waals surface area contributed by atoms with Crippen molar-refractivity contribution in [1.82, 2.24) is 25.4 Å². The summed E-state index contributed by atoms with van der Waals surface area (Å²) in [7, 11) is 0.